The molecular weight excluding hydrogens is 346 g/mol. The van der Waals surface area contributed by atoms with Crippen molar-refractivity contribution in [3.8, 4) is 16.9 Å². The van der Waals surface area contributed by atoms with E-state index in [0.29, 0.717) is 17.7 Å². The molecule has 0 saturated carbocycles. The number of rotatable bonds is 6. The van der Waals surface area contributed by atoms with Crippen molar-refractivity contribution in [2.75, 3.05) is 6.61 Å². The van der Waals surface area contributed by atoms with Gasteiger partial charge in [0.25, 0.3) is 0 Å². The number of carboxylic acids is 1. The molecule has 1 heterocycles. The number of hydrogen-bond donors (Lipinski definition) is 4. The number of nitrogen functional groups attached to an aromatic ring is 1. The number of carbonyl (C=O) groups is 2. The van der Waals surface area contributed by atoms with Crippen LogP contribution in [-0.4, -0.2) is 35.5 Å². The molecule has 140 valence electrons. The number of piperidine rings is 1. The Morgan fingerprint density at radius 1 is 1.15 bits per heavy atom. The van der Waals surface area contributed by atoms with E-state index in [0.717, 1.165) is 11.1 Å². The molecule has 1 amide bonds. The van der Waals surface area contributed by atoms with Crippen LogP contribution in [-0.2, 0) is 9.59 Å². The van der Waals surface area contributed by atoms with Gasteiger partial charge < -0.3 is 20.9 Å². The van der Waals surface area contributed by atoms with Crippen molar-refractivity contribution in [2.24, 2.45) is 11.7 Å². The SMILES string of the molecule is N=C(N)c1ccc(-c2ccc(OC[C@@H]3C[C@H](C(=O)O)CC(=O)N3)cc2)cc1. The third-order valence-electron chi connectivity index (χ3n) is 4.55. The van der Waals surface area contributed by atoms with Crippen LogP contribution in [0.15, 0.2) is 48.5 Å². The number of hydrogen-bond acceptors (Lipinski definition) is 4. The summed E-state index contributed by atoms with van der Waals surface area (Å²) in [6, 6.07) is 14.6. The van der Waals surface area contributed by atoms with E-state index < -0.39 is 11.9 Å². The second kappa shape index (κ2) is 7.90. The highest BCUT2D eigenvalue weighted by Crippen LogP contribution is 2.24. The van der Waals surface area contributed by atoms with Crippen LogP contribution in [0, 0.1) is 11.3 Å². The van der Waals surface area contributed by atoms with E-state index in [-0.39, 0.29) is 30.8 Å². The molecule has 0 radical (unpaired) electrons. The number of nitrogens with one attached hydrogen (secondary N) is 2. The van der Waals surface area contributed by atoms with Crippen LogP contribution in [0.2, 0.25) is 0 Å². The molecule has 2 aromatic carbocycles. The zero-order chi connectivity index (χ0) is 19.4. The van der Waals surface area contributed by atoms with Crippen LogP contribution in [0.3, 0.4) is 0 Å². The minimum Gasteiger partial charge on any atom is -0.491 e. The number of amides is 1. The second-order valence-corrected chi connectivity index (χ2v) is 6.57. The maximum atomic E-state index is 11.6. The van der Waals surface area contributed by atoms with Gasteiger partial charge in [0.15, 0.2) is 0 Å². The summed E-state index contributed by atoms with van der Waals surface area (Å²) in [6.07, 6.45) is 0.380. The molecule has 7 heteroatoms. The zero-order valence-electron chi connectivity index (χ0n) is 14.6. The molecule has 0 spiro atoms. The van der Waals surface area contributed by atoms with Crippen LogP contribution >= 0.6 is 0 Å². The summed E-state index contributed by atoms with van der Waals surface area (Å²) in [6.45, 7) is 0.224. The third-order valence-corrected chi connectivity index (χ3v) is 4.55. The molecule has 27 heavy (non-hydrogen) atoms. The Labute approximate surface area is 156 Å². The number of amidine groups is 1. The largest absolute Gasteiger partial charge is 0.491 e. The van der Waals surface area contributed by atoms with E-state index in [9.17, 15) is 9.59 Å². The van der Waals surface area contributed by atoms with Crippen molar-refractivity contribution in [1.82, 2.24) is 5.32 Å². The standard InChI is InChI=1S/C20H21N3O4/c21-19(22)14-3-1-12(2-4-14)13-5-7-17(8-6-13)27-11-16-9-15(20(25)26)10-18(24)23-16/h1-8,15-16H,9-11H2,(H3,21,22)(H,23,24)(H,25,26)/t15-,16-/m0/s1. The molecule has 0 aliphatic carbocycles. The van der Waals surface area contributed by atoms with Gasteiger partial charge in [-0.05, 0) is 29.7 Å². The number of ether oxygens (including phenoxy) is 1. The van der Waals surface area contributed by atoms with E-state index in [1.807, 2.05) is 36.4 Å². The highest BCUT2D eigenvalue weighted by atomic mass is 16.5. The summed E-state index contributed by atoms with van der Waals surface area (Å²) in [7, 11) is 0. The predicted molar refractivity (Wildman–Crippen MR) is 101 cm³/mol. The zero-order valence-corrected chi connectivity index (χ0v) is 14.6. The Hall–Kier alpha value is -3.35. The number of carbonyl (C=O) groups excluding carboxylic acids is 1. The van der Waals surface area contributed by atoms with Crippen molar-refractivity contribution < 1.29 is 19.4 Å². The van der Waals surface area contributed by atoms with Gasteiger partial charge in [-0.3, -0.25) is 15.0 Å². The first-order valence-corrected chi connectivity index (χ1v) is 8.62. The number of benzene rings is 2. The normalized spacial score (nSPS) is 19.2. The van der Waals surface area contributed by atoms with Gasteiger partial charge in [-0.25, -0.2) is 0 Å². The summed E-state index contributed by atoms with van der Waals surface area (Å²) >= 11 is 0. The Morgan fingerprint density at radius 2 is 1.74 bits per heavy atom. The highest BCUT2D eigenvalue weighted by molar-refractivity contribution is 5.95. The average molecular weight is 367 g/mol. The van der Waals surface area contributed by atoms with Crippen LogP contribution in [0.4, 0.5) is 0 Å². The smallest absolute Gasteiger partial charge is 0.307 e. The molecular formula is C20H21N3O4. The fourth-order valence-electron chi connectivity index (χ4n) is 3.08. The molecule has 2 atom stereocenters. The van der Waals surface area contributed by atoms with Crippen molar-refractivity contribution >= 4 is 17.7 Å². The summed E-state index contributed by atoms with van der Waals surface area (Å²) < 4.78 is 5.71. The lowest BCUT2D eigenvalue weighted by molar-refractivity contribution is -0.146. The monoisotopic (exact) mass is 367 g/mol. The predicted octanol–water partition coefficient (Wildman–Crippen LogP) is 2.00. The molecule has 1 aliphatic rings. The van der Waals surface area contributed by atoms with Gasteiger partial charge in [0.05, 0.1) is 12.0 Å². The van der Waals surface area contributed by atoms with Crippen LogP contribution < -0.4 is 15.8 Å². The van der Waals surface area contributed by atoms with Gasteiger partial charge in [0, 0.05) is 12.0 Å². The van der Waals surface area contributed by atoms with E-state index in [2.05, 4.69) is 5.32 Å². The highest BCUT2D eigenvalue weighted by Gasteiger charge is 2.31. The maximum Gasteiger partial charge on any atom is 0.307 e. The lowest BCUT2D eigenvalue weighted by Gasteiger charge is -2.27. The fourth-order valence-corrected chi connectivity index (χ4v) is 3.08. The number of aliphatic carboxylic acids is 1. The average Bonchev–Trinajstić information content (AvgIpc) is 2.66. The second-order valence-electron chi connectivity index (χ2n) is 6.57. The molecule has 1 fully saturated rings. The van der Waals surface area contributed by atoms with Gasteiger partial charge in [-0.1, -0.05) is 36.4 Å². The Balaban J connectivity index is 1.60. The minimum atomic E-state index is -0.949. The number of carboxylic acid groups (broad SMARTS) is 1. The molecule has 0 unspecified atom stereocenters. The van der Waals surface area contributed by atoms with Crippen molar-refractivity contribution in [3.05, 3.63) is 54.1 Å². The Morgan fingerprint density at radius 3 is 2.30 bits per heavy atom. The van der Waals surface area contributed by atoms with Crippen molar-refractivity contribution in [2.45, 2.75) is 18.9 Å². The van der Waals surface area contributed by atoms with E-state index in [1.54, 1.807) is 12.1 Å². The van der Waals surface area contributed by atoms with Crippen LogP contribution in [0.1, 0.15) is 18.4 Å². The van der Waals surface area contributed by atoms with Crippen molar-refractivity contribution in [1.29, 1.82) is 5.41 Å². The first kappa shape index (κ1) is 18.4. The number of nitrogens with two attached hydrogens (primary N) is 1. The van der Waals surface area contributed by atoms with Gasteiger partial charge in [0.2, 0.25) is 5.91 Å². The topological polar surface area (TPSA) is 126 Å². The van der Waals surface area contributed by atoms with Crippen LogP contribution in [0.5, 0.6) is 5.75 Å². The third kappa shape index (κ3) is 4.63. The van der Waals surface area contributed by atoms with Crippen molar-refractivity contribution in [3.63, 3.8) is 0 Å². The molecule has 0 bridgehead atoms. The Kier molecular flexibility index (Phi) is 5.40. The summed E-state index contributed by atoms with van der Waals surface area (Å²) in [5, 5.41) is 19.3. The summed E-state index contributed by atoms with van der Waals surface area (Å²) in [4.78, 5) is 22.7. The summed E-state index contributed by atoms with van der Waals surface area (Å²) in [5.41, 5.74) is 8.12. The summed E-state index contributed by atoms with van der Waals surface area (Å²) in [5.74, 6) is -1.19. The fraction of sp³-hybridized carbons (Fsp3) is 0.250. The maximum absolute atomic E-state index is 11.6. The first-order chi connectivity index (χ1) is 12.9. The molecule has 0 aromatic heterocycles. The molecule has 7 nitrogen and oxygen atoms in total. The first-order valence-electron chi connectivity index (χ1n) is 8.62. The van der Waals surface area contributed by atoms with E-state index in [4.69, 9.17) is 21.0 Å². The molecule has 1 aliphatic heterocycles. The lowest BCUT2D eigenvalue weighted by Crippen LogP contribution is -2.47. The molecule has 2 aromatic rings. The Bertz CT molecular complexity index is 847. The quantitative estimate of drug-likeness (QED) is 0.459. The molecule has 5 N–H and O–H groups in total. The van der Waals surface area contributed by atoms with E-state index >= 15 is 0 Å². The molecule has 3 rings (SSSR count). The molecule has 1 saturated heterocycles. The van der Waals surface area contributed by atoms with E-state index in [1.165, 1.54) is 0 Å². The van der Waals surface area contributed by atoms with Gasteiger partial charge in [0.1, 0.15) is 18.2 Å². The van der Waals surface area contributed by atoms with Gasteiger partial charge in [-0.2, -0.15) is 0 Å². The minimum absolute atomic E-state index is 0.0168. The van der Waals surface area contributed by atoms with Gasteiger partial charge in [-0.15, -0.1) is 0 Å². The lowest BCUT2D eigenvalue weighted by atomic mass is 9.92. The van der Waals surface area contributed by atoms with Gasteiger partial charge >= 0.3 is 5.97 Å². The van der Waals surface area contributed by atoms with Crippen LogP contribution in [0.25, 0.3) is 11.1 Å².